The molecule has 1 aromatic carbocycles. The Labute approximate surface area is 166 Å². The molecule has 0 unspecified atom stereocenters. The Morgan fingerprint density at radius 1 is 0.867 bits per heavy atom. The first kappa shape index (κ1) is 23.0. The number of carbonyl (C=O) groups is 3. The highest BCUT2D eigenvalue weighted by Gasteiger charge is 2.77. The van der Waals surface area contributed by atoms with E-state index in [1.807, 2.05) is 0 Å². The lowest BCUT2D eigenvalue weighted by Gasteiger charge is -2.41. The zero-order chi connectivity index (χ0) is 22.7. The van der Waals surface area contributed by atoms with Crippen molar-refractivity contribution in [2.75, 3.05) is 0 Å². The monoisotopic (exact) mass is 432 g/mol. The maximum Gasteiger partial charge on any atom is 0.421 e. The summed E-state index contributed by atoms with van der Waals surface area (Å²) in [5, 5.41) is 0.888. The third-order valence-electron chi connectivity index (χ3n) is 4.29. The first-order chi connectivity index (χ1) is 13.8. The summed E-state index contributed by atoms with van der Waals surface area (Å²) in [6.45, 7) is 0.425. The molecule has 0 spiro atoms. The van der Waals surface area contributed by atoms with Gasteiger partial charge in [-0.05, 0) is 19.1 Å². The predicted octanol–water partition coefficient (Wildman–Crippen LogP) is 3.76. The molecule has 1 aromatic heterocycles. The number of halogens is 6. The van der Waals surface area contributed by atoms with Gasteiger partial charge in [0.1, 0.15) is 11.7 Å². The van der Waals surface area contributed by atoms with Gasteiger partial charge in [-0.15, -0.1) is 0 Å². The molecule has 0 radical (unpaired) electrons. The largest absolute Gasteiger partial charge is 0.421 e. The van der Waals surface area contributed by atoms with Crippen LogP contribution in [0.4, 0.5) is 26.3 Å². The fraction of sp³-hybridized carbons (Fsp3) is 0.263. The summed E-state index contributed by atoms with van der Waals surface area (Å²) in [6.07, 6.45) is -10.6. The van der Waals surface area contributed by atoms with Crippen molar-refractivity contribution in [2.45, 2.75) is 24.8 Å². The molecule has 0 bridgehead atoms. The maximum atomic E-state index is 14.0. The summed E-state index contributed by atoms with van der Waals surface area (Å²) in [5.74, 6) is -8.56. The molecule has 2 aromatic rings. The average Bonchev–Trinajstić information content (AvgIpc) is 2.66. The standard InChI is InChI=1S/C19H14F6N2O3/c1-11(28)14(15(29)12-6-3-2-4-7-12)17(18(20,21)22,19(23,24)25)27-16(30)13-8-5-9-26-10-13/h2-10,14H,1H3,(H,27,30)/t14-/m1/s1. The smallest absolute Gasteiger partial charge is 0.329 e. The fourth-order valence-corrected chi connectivity index (χ4v) is 2.91. The molecule has 5 nitrogen and oxygen atoms in total. The van der Waals surface area contributed by atoms with E-state index in [1.54, 1.807) is 0 Å². The topological polar surface area (TPSA) is 76.1 Å². The number of nitrogens with zero attached hydrogens (tertiary/aromatic N) is 1. The van der Waals surface area contributed by atoms with E-state index in [4.69, 9.17) is 0 Å². The number of alkyl halides is 6. The lowest BCUT2D eigenvalue weighted by molar-refractivity contribution is -0.311. The molecule has 1 amide bonds. The molecule has 1 heterocycles. The van der Waals surface area contributed by atoms with Gasteiger partial charge >= 0.3 is 12.4 Å². The highest BCUT2D eigenvalue weighted by Crippen LogP contribution is 2.49. The molecule has 0 aliphatic carbocycles. The Balaban J connectivity index is 2.73. The molecule has 0 aliphatic rings. The number of aromatic nitrogens is 1. The number of amides is 1. The van der Waals surface area contributed by atoms with Gasteiger partial charge in [0.2, 0.25) is 5.54 Å². The zero-order valence-corrected chi connectivity index (χ0v) is 15.2. The van der Waals surface area contributed by atoms with Crippen LogP contribution in [0.3, 0.4) is 0 Å². The van der Waals surface area contributed by atoms with E-state index < -0.39 is 52.4 Å². The number of hydrogen-bond acceptors (Lipinski definition) is 4. The molecule has 0 saturated heterocycles. The summed E-state index contributed by atoms with van der Waals surface area (Å²) in [6, 6.07) is 7.79. The van der Waals surface area contributed by atoms with Gasteiger partial charge in [0.25, 0.3) is 5.91 Å². The predicted molar refractivity (Wildman–Crippen MR) is 91.5 cm³/mol. The van der Waals surface area contributed by atoms with Gasteiger partial charge in [0.15, 0.2) is 5.78 Å². The second-order valence-electron chi connectivity index (χ2n) is 6.27. The van der Waals surface area contributed by atoms with Crippen LogP contribution in [0, 0.1) is 5.92 Å². The minimum atomic E-state index is -6.25. The van der Waals surface area contributed by atoms with Gasteiger partial charge in [-0.2, -0.15) is 26.3 Å². The molecule has 1 N–H and O–H groups in total. The molecule has 0 fully saturated rings. The summed E-state index contributed by atoms with van der Waals surface area (Å²) < 4.78 is 83.9. The first-order valence-corrected chi connectivity index (χ1v) is 8.28. The van der Waals surface area contributed by atoms with E-state index in [9.17, 15) is 40.7 Å². The molecule has 30 heavy (non-hydrogen) atoms. The van der Waals surface area contributed by atoms with Crippen molar-refractivity contribution in [3.05, 3.63) is 66.0 Å². The van der Waals surface area contributed by atoms with Crippen LogP contribution in [0.1, 0.15) is 27.6 Å². The molecule has 11 heteroatoms. The van der Waals surface area contributed by atoms with Gasteiger partial charge < -0.3 is 5.32 Å². The van der Waals surface area contributed by atoms with E-state index >= 15 is 0 Å². The van der Waals surface area contributed by atoms with Gasteiger partial charge in [0, 0.05) is 18.0 Å². The third-order valence-corrected chi connectivity index (χ3v) is 4.29. The lowest BCUT2D eigenvalue weighted by atomic mass is 9.75. The number of benzene rings is 1. The van der Waals surface area contributed by atoms with E-state index in [1.165, 1.54) is 18.2 Å². The Morgan fingerprint density at radius 2 is 1.40 bits per heavy atom. The van der Waals surface area contributed by atoms with Gasteiger partial charge in [0.05, 0.1) is 5.56 Å². The highest BCUT2D eigenvalue weighted by atomic mass is 19.4. The quantitative estimate of drug-likeness (QED) is 0.429. The second kappa shape index (κ2) is 8.25. The summed E-state index contributed by atoms with van der Waals surface area (Å²) in [4.78, 5) is 40.4. The van der Waals surface area contributed by atoms with Crippen LogP contribution in [0.5, 0.6) is 0 Å². The van der Waals surface area contributed by atoms with Crippen molar-refractivity contribution >= 4 is 17.5 Å². The minimum absolute atomic E-state index is 0.425. The van der Waals surface area contributed by atoms with Gasteiger partial charge in [-0.1, -0.05) is 30.3 Å². The fourth-order valence-electron chi connectivity index (χ4n) is 2.91. The second-order valence-corrected chi connectivity index (χ2v) is 6.27. The molecule has 2 rings (SSSR count). The molecule has 0 aliphatic heterocycles. The zero-order valence-electron chi connectivity index (χ0n) is 15.2. The van der Waals surface area contributed by atoms with Crippen molar-refractivity contribution in [3.63, 3.8) is 0 Å². The third kappa shape index (κ3) is 4.19. The molecule has 1 atom stereocenters. The number of ketones is 2. The number of carbonyl (C=O) groups excluding carboxylic acids is 3. The molecular formula is C19H14F6N2O3. The number of Topliss-reactive ketones (excluding diaryl/α,β-unsaturated/α-hetero) is 2. The molecule has 0 saturated carbocycles. The number of pyridine rings is 1. The van der Waals surface area contributed by atoms with Crippen molar-refractivity contribution in [2.24, 2.45) is 5.92 Å². The normalized spacial score (nSPS) is 13.4. The Hall–Kier alpha value is -3.24. The number of hydrogen-bond donors (Lipinski definition) is 1. The van der Waals surface area contributed by atoms with Gasteiger partial charge in [-0.3, -0.25) is 19.4 Å². The van der Waals surface area contributed by atoms with Crippen LogP contribution in [0.25, 0.3) is 0 Å². The van der Waals surface area contributed by atoms with Crippen LogP contribution in [-0.4, -0.2) is 40.3 Å². The van der Waals surface area contributed by atoms with E-state index in [0.717, 1.165) is 42.0 Å². The van der Waals surface area contributed by atoms with Gasteiger partial charge in [-0.25, -0.2) is 0 Å². The average molecular weight is 432 g/mol. The summed E-state index contributed by atoms with van der Waals surface area (Å²) in [5.41, 5.74) is -6.33. The summed E-state index contributed by atoms with van der Waals surface area (Å²) in [7, 11) is 0. The first-order valence-electron chi connectivity index (χ1n) is 8.28. The van der Waals surface area contributed by atoms with E-state index in [2.05, 4.69) is 4.98 Å². The summed E-state index contributed by atoms with van der Waals surface area (Å²) >= 11 is 0. The Kier molecular flexibility index (Phi) is 6.33. The molecular weight excluding hydrogens is 418 g/mol. The van der Waals surface area contributed by atoms with Crippen LogP contribution in [-0.2, 0) is 4.79 Å². The minimum Gasteiger partial charge on any atom is -0.329 e. The Bertz CT molecular complexity index is 913. The van der Waals surface area contributed by atoms with Crippen molar-refractivity contribution in [1.29, 1.82) is 0 Å². The number of nitrogens with one attached hydrogen (secondary N) is 1. The van der Waals surface area contributed by atoms with E-state index in [0.29, 0.717) is 6.92 Å². The van der Waals surface area contributed by atoms with Crippen LogP contribution in [0.2, 0.25) is 0 Å². The van der Waals surface area contributed by atoms with Crippen LogP contribution in [0.15, 0.2) is 54.9 Å². The SMILES string of the molecule is CC(=O)[C@H](C(=O)c1ccccc1)C(NC(=O)c1cccnc1)(C(F)(F)F)C(F)(F)F. The van der Waals surface area contributed by atoms with Crippen molar-refractivity contribution in [1.82, 2.24) is 10.3 Å². The van der Waals surface area contributed by atoms with Crippen LogP contribution < -0.4 is 5.32 Å². The van der Waals surface area contributed by atoms with Crippen molar-refractivity contribution < 1.29 is 40.7 Å². The van der Waals surface area contributed by atoms with E-state index in [-0.39, 0.29) is 0 Å². The van der Waals surface area contributed by atoms with Crippen molar-refractivity contribution in [3.8, 4) is 0 Å². The Morgan fingerprint density at radius 3 is 1.83 bits per heavy atom. The lowest BCUT2D eigenvalue weighted by Crippen LogP contribution is -2.74. The maximum absolute atomic E-state index is 14.0. The highest BCUT2D eigenvalue weighted by molar-refractivity contribution is 6.12. The number of rotatable bonds is 6. The molecule has 160 valence electrons. The van der Waals surface area contributed by atoms with Crippen LogP contribution >= 0.6 is 0 Å².